The molecule has 0 bridgehead atoms. The number of likely N-dealkylation sites (tertiary alicyclic amines) is 1. The van der Waals surface area contributed by atoms with Crippen molar-refractivity contribution in [3.8, 4) is 0 Å². The quantitative estimate of drug-likeness (QED) is 0.473. The zero-order chi connectivity index (χ0) is 12.3. The number of piperidine rings is 1. The Kier molecular flexibility index (Phi) is 3.83. The molecule has 17 heavy (non-hydrogen) atoms. The average molecular weight is 240 g/mol. The minimum atomic E-state index is -0.0496. The van der Waals surface area contributed by atoms with Crippen LogP contribution in [-0.4, -0.2) is 49.1 Å². The third-order valence-corrected chi connectivity index (χ3v) is 3.41. The predicted molar refractivity (Wildman–Crippen MR) is 64.0 cm³/mol. The number of nitrogens with zero attached hydrogens (tertiary/aromatic N) is 1. The van der Waals surface area contributed by atoms with E-state index in [0.29, 0.717) is 13.2 Å². The Morgan fingerprint density at radius 3 is 2.94 bits per heavy atom. The number of hydrogen-bond acceptors (Lipinski definition) is 3. The standard InChI is InChI=1S/C11H20N4O2/c12-10(13)8-2-1-4-15(6-8)11(16)14-9-3-5-17-7-9/h8-9H,1-7H2,(H3,12,13)(H,14,16). The van der Waals surface area contributed by atoms with Crippen molar-refractivity contribution >= 4 is 11.9 Å². The first-order chi connectivity index (χ1) is 8.16. The number of amidine groups is 1. The van der Waals surface area contributed by atoms with E-state index in [9.17, 15) is 4.79 Å². The van der Waals surface area contributed by atoms with Crippen molar-refractivity contribution in [2.45, 2.75) is 25.3 Å². The molecule has 2 amide bonds. The molecule has 2 fully saturated rings. The smallest absolute Gasteiger partial charge is 0.317 e. The second-order valence-corrected chi connectivity index (χ2v) is 4.75. The van der Waals surface area contributed by atoms with E-state index in [-0.39, 0.29) is 23.8 Å². The van der Waals surface area contributed by atoms with Crippen molar-refractivity contribution in [1.29, 1.82) is 5.41 Å². The van der Waals surface area contributed by atoms with Crippen LogP contribution in [0.5, 0.6) is 0 Å². The molecular weight excluding hydrogens is 220 g/mol. The minimum Gasteiger partial charge on any atom is -0.387 e. The summed E-state index contributed by atoms with van der Waals surface area (Å²) in [4.78, 5) is 13.7. The molecule has 6 nitrogen and oxygen atoms in total. The molecule has 2 saturated heterocycles. The lowest BCUT2D eigenvalue weighted by atomic mass is 9.97. The van der Waals surface area contributed by atoms with Gasteiger partial charge in [-0.1, -0.05) is 0 Å². The lowest BCUT2D eigenvalue weighted by Crippen LogP contribution is -2.50. The molecule has 0 saturated carbocycles. The zero-order valence-electron chi connectivity index (χ0n) is 9.95. The van der Waals surface area contributed by atoms with Gasteiger partial charge in [0.15, 0.2) is 0 Å². The van der Waals surface area contributed by atoms with Crippen molar-refractivity contribution in [3.05, 3.63) is 0 Å². The van der Waals surface area contributed by atoms with E-state index in [0.717, 1.165) is 32.4 Å². The van der Waals surface area contributed by atoms with Gasteiger partial charge in [0.25, 0.3) is 0 Å². The Labute approximate surface area is 101 Å². The molecule has 0 aromatic carbocycles. The van der Waals surface area contributed by atoms with Gasteiger partial charge in [-0.05, 0) is 19.3 Å². The first-order valence-electron chi connectivity index (χ1n) is 6.14. The maximum Gasteiger partial charge on any atom is 0.317 e. The van der Waals surface area contributed by atoms with Crippen LogP contribution in [0.2, 0.25) is 0 Å². The first-order valence-corrected chi connectivity index (χ1v) is 6.14. The van der Waals surface area contributed by atoms with Gasteiger partial charge in [0.2, 0.25) is 0 Å². The SMILES string of the molecule is N=C(N)C1CCCN(C(=O)NC2CCOC2)C1. The van der Waals surface area contributed by atoms with Crippen molar-refractivity contribution in [1.82, 2.24) is 10.2 Å². The fraction of sp³-hybridized carbons (Fsp3) is 0.818. The lowest BCUT2D eigenvalue weighted by molar-refractivity contribution is 0.166. The third kappa shape index (κ3) is 3.09. The van der Waals surface area contributed by atoms with Gasteiger partial charge in [0.1, 0.15) is 0 Å². The van der Waals surface area contributed by atoms with Crippen LogP contribution in [0.4, 0.5) is 4.79 Å². The van der Waals surface area contributed by atoms with Crippen molar-refractivity contribution in [3.63, 3.8) is 0 Å². The Morgan fingerprint density at radius 1 is 1.47 bits per heavy atom. The van der Waals surface area contributed by atoms with E-state index < -0.39 is 0 Å². The summed E-state index contributed by atoms with van der Waals surface area (Å²) in [6, 6.07) is 0.0895. The zero-order valence-corrected chi connectivity index (χ0v) is 9.95. The van der Waals surface area contributed by atoms with Crippen LogP contribution in [0.25, 0.3) is 0 Å². The number of rotatable bonds is 2. The van der Waals surface area contributed by atoms with Crippen LogP contribution < -0.4 is 11.1 Å². The summed E-state index contributed by atoms with van der Waals surface area (Å²) < 4.78 is 5.22. The molecule has 0 aromatic rings. The van der Waals surface area contributed by atoms with Gasteiger partial charge in [0, 0.05) is 25.6 Å². The minimum absolute atomic E-state index is 0.0225. The number of nitrogens with two attached hydrogens (primary N) is 1. The second kappa shape index (κ2) is 5.35. The normalized spacial score (nSPS) is 29.1. The monoisotopic (exact) mass is 240 g/mol. The largest absolute Gasteiger partial charge is 0.387 e. The molecule has 0 radical (unpaired) electrons. The van der Waals surface area contributed by atoms with Crippen LogP contribution >= 0.6 is 0 Å². The molecule has 2 aliphatic rings. The highest BCUT2D eigenvalue weighted by atomic mass is 16.5. The van der Waals surface area contributed by atoms with Gasteiger partial charge in [-0.2, -0.15) is 0 Å². The van der Waals surface area contributed by atoms with E-state index >= 15 is 0 Å². The molecule has 0 aromatic heterocycles. The van der Waals surface area contributed by atoms with Crippen molar-refractivity contribution < 1.29 is 9.53 Å². The van der Waals surface area contributed by atoms with Gasteiger partial charge >= 0.3 is 6.03 Å². The van der Waals surface area contributed by atoms with E-state index in [1.165, 1.54) is 0 Å². The fourth-order valence-electron chi connectivity index (χ4n) is 2.33. The van der Waals surface area contributed by atoms with Gasteiger partial charge < -0.3 is 20.7 Å². The van der Waals surface area contributed by atoms with Gasteiger partial charge in [0.05, 0.1) is 18.5 Å². The van der Waals surface area contributed by atoms with E-state index in [1.807, 2.05) is 0 Å². The molecular formula is C11H20N4O2. The highest BCUT2D eigenvalue weighted by Crippen LogP contribution is 2.16. The molecule has 96 valence electrons. The maximum absolute atomic E-state index is 12.0. The highest BCUT2D eigenvalue weighted by Gasteiger charge is 2.27. The number of urea groups is 1. The molecule has 2 aliphatic heterocycles. The van der Waals surface area contributed by atoms with Gasteiger partial charge in [-0.25, -0.2) is 4.79 Å². The Balaban J connectivity index is 1.83. The van der Waals surface area contributed by atoms with Crippen molar-refractivity contribution in [2.75, 3.05) is 26.3 Å². The van der Waals surface area contributed by atoms with E-state index in [1.54, 1.807) is 4.90 Å². The summed E-state index contributed by atoms with van der Waals surface area (Å²) in [5.74, 6) is 0.209. The van der Waals surface area contributed by atoms with Crippen LogP contribution in [0.1, 0.15) is 19.3 Å². The summed E-state index contributed by atoms with van der Waals surface area (Å²) >= 11 is 0. The Bertz CT molecular complexity index is 302. The van der Waals surface area contributed by atoms with E-state index in [4.69, 9.17) is 15.9 Å². The first kappa shape index (κ1) is 12.2. The molecule has 0 spiro atoms. The molecule has 6 heteroatoms. The molecule has 2 heterocycles. The fourth-order valence-corrected chi connectivity index (χ4v) is 2.33. The van der Waals surface area contributed by atoms with Crippen LogP contribution in [0.3, 0.4) is 0 Å². The predicted octanol–water partition coefficient (Wildman–Crippen LogP) is 0.133. The number of carbonyl (C=O) groups is 1. The summed E-state index contributed by atoms with van der Waals surface area (Å²) in [7, 11) is 0. The molecule has 2 atom stereocenters. The lowest BCUT2D eigenvalue weighted by Gasteiger charge is -2.32. The molecule has 4 N–H and O–H groups in total. The number of hydrogen-bond donors (Lipinski definition) is 3. The summed E-state index contributed by atoms with van der Waals surface area (Å²) in [5, 5.41) is 10.4. The summed E-state index contributed by atoms with van der Waals surface area (Å²) in [6.07, 6.45) is 2.71. The van der Waals surface area contributed by atoms with E-state index in [2.05, 4.69) is 5.32 Å². The second-order valence-electron chi connectivity index (χ2n) is 4.75. The van der Waals surface area contributed by atoms with Crippen LogP contribution in [0.15, 0.2) is 0 Å². The number of amides is 2. The van der Waals surface area contributed by atoms with Crippen LogP contribution in [0, 0.1) is 11.3 Å². The topological polar surface area (TPSA) is 91.4 Å². The number of nitrogens with one attached hydrogen (secondary N) is 2. The maximum atomic E-state index is 12.0. The molecule has 2 rings (SSSR count). The Morgan fingerprint density at radius 2 is 2.29 bits per heavy atom. The summed E-state index contributed by atoms with van der Waals surface area (Å²) in [6.45, 7) is 2.65. The highest BCUT2D eigenvalue weighted by molar-refractivity contribution is 5.81. The van der Waals surface area contributed by atoms with Gasteiger partial charge in [-0.15, -0.1) is 0 Å². The number of ether oxygens (including phenoxy) is 1. The summed E-state index contributed by atoms with van der Waals surface area (Å²) in [5.41, 5.74) is 5.50. The van der Waals surface area contributed by atoms with Gasteiger partial charge in [-0.3, -0.25) is 5.41 Å². The number of carbonyl (C=O) groups excluding carboxylic acids is 1. The van der Waals surface area contributed by atoms with Crippen LogP contribution in [-0.2, 0) is 4.74 Å². The third-order valence-electron chi connectivity index (χ3n) is 3.41. The Hall–Kier alpha value is -1.30. The molecule has 0 aliphatic carbocycles. The average Bonchev–Trinajstić information content (AvgIpc) is 2.82. The molecule has 2 unspecified atom stereocenters. The van der Waals surface area contributed by atoms with Crippen molar-refractivity contribution in [2.24, 2.45) is 11.7 Å².